The minimum atomic E-state index is -0.0330. The fourth-order valence-corrected chi connectivity index (χ4v) is 4.30. The number of fused-ring (bicyclic) bond motifs is 1. The van der Waals surface area contributed by atoms with Gasteiger partial charge in [0.25, 0.3) is 0 Å². The van der Waals surface area contributed by atoms with Crippen LogP contribution in [0.15, 0.2) is 40.1 Å². The first-order chi connectivity index (χ1) is 13.1. The van der Waals surface area contributed by atoms with Gasteiger partial charge in [0.15, 0.2) is 0 Å². The number of amides is 1. The van der Waals surface area contributed by atoms with E-state index in [0.717, 1.165) is 11.3 Å². The summed E-state index contributed by atoms with van der Waals surface area (Å²) in [5.74, 6) is 1.26. The van der Waals surface area contributed by atoms with Gasteiger partial charge in [-0.25, -0.2) is 4.98 Å². The van der Waals surface area contributed by atoms with Crippen molar-refractivity contribution in [2.75, 3.05) is 0 Å². The summed E-state index contributed by atoms with van der Waals surface area (Å²) in [6, 6.07) is 10.5. The van der Waals surface area contributed by atoms with Crippen LogP contribution in [0.1, 0.15) is 54.0 Å². The Morgan fingerprint density at radius 3 is 2.85 bits per heavy atom. The number of oxazole rings is 1. The van der Waals surface area contributed by atoms with E-state index in [-0.39, 0.29) is 18.4 Å². The van der Waals surface area contributed by atoms with E-state index in [1.807, 2.05) is 31.4 Å². The smallest absolute Gasteiger partial charge is 0.236 e. The Labute approximate surface area is 163 Å². The molecule has 5 heteroatoms. The molecule has 1 aromatic carbocycles. The third-order valence-electron chi connectivity index (χ3n) is 5.20. The van der Waals surface area contributed by atoms with E-state index >= 15 is 0 Å². The van der Waals surface area contributed by atoms with Gasteiger partial charge >= 0.3 is 0 Å². The standard InChI is InChI=1S/C22H24N2O2S/c1-14(17-10-9-16-6-3-4-7-18(16)12-17)23-21(25)13-19-15(2)26-22(24-19)20-8-5-11-27-20/h5,8-12,14H,3-4,6-7,13H2,1-2H3,(H,23,25). The second-order valence-corrected chi connectivity index (χ2v) is 8.15. The molecule has 1 N–H and O–H groups in total. The fraction of sp³-hybridized carbons (Fsp3) is 0.364. The Morgan fingerprint density at radius 1 is 1.26 bits per heavy atom. The summed E-state index contributed by atoms with van der Waals surface area (Å²) in [5.41, 5.74) is 4.77. The number of nitrogens with one attached hydrogen (secondary N) is 1. The molecule has 0 spiro atoms. The summed E-state index contributed by atoms with van der Waals surface area (Å²) >= 11 is 1.58. The number of aryl methyl sites for hydroxylation is 3. The molecule has 0 saturated carbocycles. The van der Waals surface area contributed by atoms with Crippen molar-refractivity contribution in [2.24, 2.45) is 0 Å². The van der Waals surface area contributed by atoms with Crippen LogP contribution in [0.2, 0.25) is 0 Å². The Bertz CT molecular complexity index is 943. The van der Waals surface area contributed by atoms with Crippen LogP contribution in [0.25, 0.3) is 10.8 Å². The van der Waals surface area contributed by atoms with Crippen LogP contribution >= 0.6 is 11.3 Å². The van der Waals surface area contributed by atoms with Crippen LogP contribution in [0.5, 0.6) is 0 Å². The lowest BCUT2D eigenvalue weighted by molar-refractivity contribution is -0.121. The van der Waals surface area contributed by atoms with Crippen molar-refractivity contribution in [1.29, 1.82) is 0 Å². The molecule has 0 bridgehead atoms. The number of carbonyl (C=O) groups is 1. The third-order valence-corrected chi connectivity index (χ3v) is 6.06. The van der Waals surface area contributed by atoms with E-state index in [9.17, 15) is 4.79 Å². The van der Waals surface area contributed by atoms with E-state index in [4.69, 9.17) is 4.42 Å². The van der Waals surface area contributed by atoms with Gasteiger partial charge in [-0.15, -0.1) is 11.3 Å². The first-order valence-electron chi connectivity index (χ1n) is 9.51. The molecule has 4 rings (SSSR count). The molecule has 0 saturated heterocycles. The van der Waals surface area contributed by atoms with Crippen molar-refractivity contribution in [1.82, 2.24) is 10.3 Å². The summed E-state index contributed by atoms with van der Waals surface area (Å²) in [4.78, 5) is 18.0. The van der Waals surface area contributed by atoms with Gasteiger partial charge in [-0.1, -0.05) is 24.3 Å². The number of thiophene rings is 1. The Balaban J connectivity index is 1.42. The zero-order valence-electron chi connectivity index (χ0n) is 15.7. The van der Waals surface area contributed by atoms with E-state index in [1.54, 1.807) is 11.3 Å². The molecule has 2 aromatic heterocycles. The van der Waals surface area contributed by atoms with E-state index in [2.05, 4.69) is 28.5 Å². The topological polar surface area (TPSA) is 55.1 Å². The maximum Gasteiger partial charge on any atom is 0.236 e. The molecule has 4 nitrogen and oxygen atoms in total. The highest BCUT2D eigenvalue weighted by Crippen LogP contribution is 2.27. The van der Waals surface area contributed by atoms with Crippen LogP contribution in [0.3, 0.4) is 0 Å². The minimum absolute atomic E-state index is 0.0197. The van der Waals surface area contributed by atoms with Crippen molar-refractivity contribution in [3.05, 3.63) is 63.9 Å². The number of carbonyl (C=O) groups excluding carboxylic acids is 1. The molecular weight excluding hydrogens is 356 g/mol. The van der Waals surface area contributed by atoms with Crippen LogP contribution in [0.4, 0.5) is 0 Å². The molecule has 3 aromatic rings. The number of nitrogens with zero attached hydrogens (tertiary/aromatic N) is 1. The molecule has 0 radical (unpaired) electrons. The molecule has 1 amide bonds. The lowest BCUT2D eigenvalue weighted by Gasteiger charge is -2.20. The average molecular weight is 381 g/mol. The van der Waals surface area contributed by atoms with Gasteiger partial charge in [0.05, 0.1) is 23.0 Å². The molecule has 1 atom stereocenters. The molecule has 0 aliphatic heterocycles. The second-order valence-electron chi connectivity index (χ2n) is 7.20. The summed E-state index contributed by atoms with van der Waals surface area (Å²) in [5, 5.41) is 5.09. The Morgan fingerprint density at radius 2 is 2.07 bits per heavy atom. The predicted molar refractivity (Wildman–Crippen MR) is 108 cm³/mol. The number of benzene rings is 1. The highest BCUT2D eigenvalue weighted by atomic mass is 32.1. The summed E-state index contributed by atoms with van der Waals surface area (Å²) < 4.78 is 5.73. The van der Waals surface area contributed by atoms with E-state index < -0.39 is 0 Å². The van der Waals surface area contributed by atoms with Gasteiger partial charge in [0, 0.05) is 0 Å². The van der Waals surface area contributed by atoms with Crippen LogP contribution < -0.4 is 5.32 Å². The van der Waals surface area contributed by atoms with Crippen molar-refractivity contribution in [2.45, 2.75) is 52.0 Å². The van der Waals surface area contributed by atoms with Gasteiger partial charge in [0.2, 0.25) is 11.8 Å². The second kappa shape index (κ2) is 7.69. The molecule has 1 aliphatic rings. The quantitative estimate of drug-likeness (QED) is 0.677. The van der Waals surface area contributed by atoms with Crippen LogP contribution in [-0.2, 0) is 24.1 Å². The largest absolute Gasteiger partial charge is 0.440 e. The van der Waals surface area contributed by atoms with Gasteiger partial charge in [0.1, 0.15) is 5.76 Å². The van der Waals surface area contributed by atoms with E-state index in [0.29, 0.717) is 17.3 Å². The monoisotopic (exact) mass is 380 g/mol. The highest BCUT2D eigenvalue weighted by Gasteiger charge is 2.18. The third kappa shape index (κ3) is 3.98. The maximum absolute atomic E-state index is 12.5. The SMILES string of the molecule is Cc1oc(-c2cccs2)nc1CC(=O)NC(C)c1ccc2c(c1)CCCC2. The fourth-order valence-electron chi connectivity index (χ4n) is 3.65. The summed E-state index contributed by atoms with van der Waals surface area (Å²) in [6.45, 7) is 3.90. The van der Waals surface area contributed by atoms with Gasteiger partial charge in [-0.05, 0) is 67.7 Å². The molecule has 140 valence electrons. The number of rotatable bonds is 5. The molecule has 0 fully saturated rings. The summed E-state index contributed by atoms with van der Waals surface area (Å²) in [6.07, 6.45) is 5.09. The number of aromatic nitrogens is 1. The summed E-state index contributed by atoms with van der Waals surface area (Å²) in [7, 11) is 0. The van der Waals surface area contributed by atoms with E-state index in [1.165, 1.54) is 36.0 Å². The molecular formula is C22H24N2O2S. The van der Waals surface area contributed by atoms with Crippen molar-refractivity contribution < 1.29 is 9.21 Å². The first-order valence-corrected chi connectivity index (χ1v) is 10.4. The van der Waals surface area contributed by atoms with Crippen LogP contribution in [-0.4, -0.2) is 10.9 Å². The van der Waals surface area contributed by atoms with Crippen molar-refractivity contribution >= 4 is 17.2 Å². The first kappa shape index (κ1) is 18.0. The minimum Gasteiger partial charge on any atom is -0.440 e. The van der Waals surface area contributed by atoms with Crippen LogP contribution in [0, 0.1) is 6.92 Å². The zero-order valence-corrected chi connectivity index (χ0v) is 16.6. The number of hydrogen-bond donors (Lipinski definition) is 1. The predicted octanol–water partition coefficient (Wildman–Crippen LogP) is 5.01. The molecule has 1 aliphatic carbocycles. The molecule has 2 heterocycles. The maximum atomic E-state index is 12.5. The molecule has 27 heavy (non-hydrogen) atoms. The molecule has 1 unspecified atom stereocenters. The Kier molecular flexibility index (Phi) is 5.12. The van der Waals surface area contributed by atoms with Gasteiger partial charge in [-0.2, -0.15) is 0 Å². The lowest BCUT2D eigenvalue weighted by Crippen LogP contribution is -2.28. The van der Waals surface area contributed by atoms with Crippen molar-refractivity contribution in [3.8, 4) is 10.8 Å². The average Bonchev–Trinajstić information content (AvgIpc) is 3.31. The highest BCUT2D eigenvalue weighted by molar-refractivity contribution is 7.13. The Hall–Kier alpha value is -2.40. The normalized spacial score (nSPS) is 14.6. The lowest BCUT2D eigenvalue weighted by atomic mass is 9.89. The van der Waals surface area contributed by atoms with Gasteiger partial charge < -0.3 is 9.73 Å². The number of hydrogen-bond acceptors (Lipinski definition) is 4. The van der Waals surface area contributed by atoms with Crippen molar-refractivity contribution in [3.63, 3.8) is 0 Å². The zero-order chi connectivity index (χ0) is 18.8. The van der Waals surface area contributed by atoms with Gasteiger partial charge in [-0.3, -0.25) is 4.79 Å².